The SMILES string of the molecule is Fc1ccc(C2CC2(Cl)Cl)cc1Cl. The molecule has 0 aliphatic heterocycles. The van der Waals surface area contributed by atoms with Gasteiger partial charge in [-0.15, -0.1) is 23.2 Å². The zero-order valence-corrected chi connectivity index (χ0v) is 8.80. The molecule has 0 saturated heterocycles. The number of alkyl halides is 2. The molecule has 1 aromatic carbocycles. The van der Waals surface area contributed by atoms with E-state index >= 15 is 0 Å². The first-order valence-corrected chi connectivity index (χ1v) is 4.97. The van der Waals surface area contributed by atoms with Gasteiger partial charge in [0.25, 0.3) is 0 Å². The third-order valence-electron chi connectivity index (χ3n) is 2.17. The van der Waals surface area contributed by atoms with E-state index in [1.54, 1.807) is 12.1 Å². The van der Waals surface area contributed by atoms with Gasteiger partial charge >= 0.3 is 0 Å². The highest BCUT2D eigenvalue weighted by Gasteiger charge is 2.52. The fourth-order valence-electron chi connectivity index (χ4n) is 1.30. The smallest absolute Gasteiger partial charge is 0.141 e. The Balaban J connectivity index is 2.29. The Morgan fingerprint density at radius 3 is 2.46 bits per heavy atom. The van der Waals surface area contributed by atoms with Gasteiger partial charge in [0.15, 0.2) is 0 Å². The van der Waals surface area contributed by atoms with E-state index in [2.05, 4.69) is 0 Å². The van der Waals surface area contributed by atoms with Crippen LogP contribution in [0.4, 0.5) is 4.39 Å². The summed E-state index contributed by atoms with van der Waals surface area (Å²) in [6.07, 6.45) is 0.706. The first kappa shape index (κ1) is 9.57. The van der Waals surface area contributed by atoms with E-state index in [4.69, 9.17) is 34.8 Å². The van der Waals surface area contributed by atoms with E-state index < -0.39 is 10.2 Å². The highest BCUT2D eigenvalue weighted by molar-refractivity contribution is 6.51. The Morgan fingerprint density at radius 2 is 2.00 bits per heavy atom. The van der Waals surface area contributed by atoms with E-state index in [1.165, 1.54) is 6.07 Å². The second-order valence-corrected chi connectivity index (χ2v) is 5.14. The molecule has 1 aliphatic rings. The van der Waals surface area contributed by atoms with Crippen LogP contribution in [0.2, 0.25) is 5.02 Å². The Kier molecular flexibility index (Phi) is 2.22. The zero-order valence-electron chi connectivity index (χ0n) is 6.53. The lowest BCUT2D eigenvalue weighted by Gasteiger charge is -2.01. The molecule has 0 heterocycles. The molecule has 0 N–H and O–H groups in total. The Hall–Kier alpha value is 0.0200. The van der Waals surface area contributed by atoms with Crippen molar-refractivity contribution in [1.82, 2.24) is 0 Å². The van der Waals surface area contributed by atoms with Gasteiger partial charge in [-0.3, -0.25) is 0 Å². The first-order valence-electron chi connectivity index (χ1n) is 3.83. The van der Waals surface area contributed by atoms with Crippen molar-refractivity contribution in [3.63, 3.8) is 0 Å². The summed E-state index contributed by atoms with van der Waals surface area (Å²) in [7, 11) is 0. The van der Waals surface area contributed by atoms with Crippen molar-refractivity contribution in [1.29, 1.82) is 0 Å². The molecule has 13 heavy (non-hydrogen) atoms. The van der Waals surface area contributed by atoms with Gasteiger partial charge in [-0.05, 0) is 24.1 Å². The molecular weight excluding hydrogens is 233 g/mol. The Labute approximate surface area is 90.6 Å². The van der Waals surface area contributed by atoms with Crippen molar-refractivity contribution in [2.24, 2.45) is 0 Å². The number of hydrogen-bond acceptors (Lipinski definition) is 0. The van der Waals surface area contributed by atoms with Crippen LogP contribution in [0.5, 0.6) is 0 Å². The van der Waals surface area contributed by atoms with Gasteiger partial charge in [0, 0.05) is 5.92 Å². The average Bonchev–Trinajstić information content (AvgIpc) is 2.66. The summed E-state index contributed by atoms with van der Waals surface area (Å²) in [5.74, 6) is -0.324. The molecule has 1 aliphatic carbocycles. The maximum atomic E-state index is 12.8. The average molecular weight is 240 g/mol. The van der Waals surface area contributed by atoms with E-state index in [1.807, 2.05) is 0 Å². The van der Waals surface area contributed by atoms with Crippen molar-refractivity contribution in [2.45, 2.75) is 16.7 Å². The summed E-state index contributed by atoms with van der Waals surface area (Å²) in [6, 6.07) is 4.58. The Bertz CT molecular complexity index is 349. The lowest BCUT2D eigenvalue weighted by molar-refractivity contribution is 0.627. The minimum Gasteiger partial charge on any atom is -0.205 e. The van der Waals surface area contributed by atoms with Crippen molar-refractivity contribution in [3.8, 4) is 0 Å². The first-order chi connectivity index (χ1) is 6.00. The minimum absolute atomic E-state index is 0.0916. The predicted molar refractivity (Wildman–Crippen MR) is 53.2 cm³/mol. The van der Waals surface area contributed by atoms with Gasteiger partial charge < -0.3 is 0 Å². The molecule has 1 fully saturated rings. The molecule has 70 valence electrons. The molecule has 1 saturated carbocycles. The van der Waals surface area contributed by atoms with Crippen LogP contribution in [0.1, 0.15) is 17.9 Å². The topological polar surface area (TPSA) is 0 Å². The molecule has 0 nitrogen and oxygen atoms in total. The summed E-state index contributed by atoms with van der Waals surface area (Å²) in [4.78, 5) is 0. The van der Waals surface area contributed by atoms with Crippen LogP contribution in [0.15, 0.2) is 18.2 Å². The molecule has 1 atom stereocenters. The van der Waals surface area contributed by atoms with Crippen LogP contribution in [-0.2, 0) is 0 Å². The van der Waals surface area contributed by atoms with Crippen LogP contribution >= 0.6 is 34.8 Å². The van der Waals surface area contributed by atoms with E-state index in [9.17, 15) is 4.39 Å². The molecule has 4 heteroatoms. The van der Waals surface area contributed by atoms with Crippen LogP contribution in [-0.4, -0.2) is 4.33 Å². The monoisotopic (exact) mass is 238 g/mol. The van der Waals surface area contributed by atoms with Crippen molar-refractivity contribution in [2.75, 3.05) is 0 Å². The fraction of sp³-hybridized carbons (Fsp3) is 0.333. The predicted octanol–water partition coefficient (Wildman–Crippen LogP) is 4.14. The van der Waals surface area contributed by atoms with Gasteiger partial charge in [-0.1, -0.05) is 17.7 Å². The molecule has 0 spiro atoms. The molecule has 0 radical (unpaired) electrons. The molecule has 1 aromatic rings. The largest absolute Gasteiger partial charge is 0.205 e. The quantitative estimate of drug-likeness (QED) is 0.646. The van der Waals surface area contributed by atoms with Gasteiger partial charge in [-0.2, -0.15) is 0 Å². The van der Waals surface area contributed by atoms with Crippen molar-refractivity contribution < 1.29 is 4.39 Å². The molecule has 2 rings (SSSR count). The standard InChI is InChI=1S/C9H6Cl3F/c10-7-3-5(1-2-8(7)13)6-4-9(6,11)12/h1-3,6H,4H2. The molecule has 0 bridgehead atoms. The maximum Gasteiger partial charge on any atom is 0.141 e. The molecule has 1 unspecified atom stereocenters. The minimum atomic E-state index is -0.679. The summed E-state index contributed by atoms with van der Waals surface area (Å²) >= 11 is 17.3. The van der Waals surface area contributed by atoms with Crippen LogP contribution in [0.3, 0.4) is 0 Å². The highest BCUT2D eigenvalue weighted by atomic mass is 35.5. The number of rotatable bonds is 1. The number of halogens is 4. The van der Waals surface area contributed by atoms with Gasteiger partial charge in [0.1, 0.15) is 10.2 Å². The summed E-state index contributed by atoms with van der Waals surface area (Å²) < 4.78 is 12.1. The Morgan fingerprint density at radius 1 is 1.38 bits per heavy atom. The number of hydrogen-bond donors (Lipinski definition) is 0. The molecule has 0 aromatic heterocycles. The number of benzene rings is 1. The van der Waals surface area contributed by atoms with E-state index in [0.29, 0.717) is 6.42 Å². The summed E-state index contributed by atoms with van der Waals surface area (Å²) in [6.45, 7) is 0. The fourth-order valence-corrected chi connectivity index (χ4v) is 2.05. The van der Waals surface area contributed by atoms with Crippen LogP contribution in [0, 0.1) is 5.82 Å². The third-order valence-corrected chi connectivity index (χ3v) is 3.30. The van der Waals surface area contributed by atoms with Crippen molar-refractivity contribution >= 4 is 34.8 Å². The lowest BCUT2D eigenvalue weighted by Crippen LogP contribution is -1.90. The van der Waals surface area contributed by atoms with Gasteiger partial charge in [0.2, 0.25) is 0 Å². The van der Waals surface area contributed by atoms with Crippen molar-refractivity contribution in [3.05, 3.63) is 34.6 Å². The van der Waals surface area contributed by atoms with Gasteiger partial charge in [-0.25, -0.2) is 4.39 Å². The summed E-state index contributed by atoms with van der Waals surface area (Å²) in [5, 5.41) is 0.119. The maximum absolute atomic E-state index is 12.8. The van der Waals surface area contributed by atoms with Gasteiger partial charge in [0.05, 0.1) is 5.02 Å². The van der Waals surface area contributed by atoms with Crippen LogP contribution in [0.25, 0.3) is 0 Å². The summed E-state index contributed by atoms with van der Waals surface area (Å²) in [5.41, 5.74) is 0.899. The lowest BCUT2D eigenvalue weighted by atomic mass is 10.1. The van der Waals surface area contributed by atoms with Crippen LogP contribution < -0.4 is 0 Å². The normalized spacial score (nSPS) is 24.5. The highest BCUT2D eigenvalue weighted by Crippen LogP contribution is 2.59. The van der Waals surface area contributed by atoms with E-state index in [0.717, 1.165) is 5.56 Å². The second kappa shape index (κ2) is 3.01. The molecule has 0 amide bonds. The second-order valence-electron chi connectivity index (χ2n) is 3.19. The molecular formula is C9H6Cl3F. The van der Waals surface area contributed by atoms with E-state index in [-0.39, 0.29) is 10.9 Å². The zero-order chi connectivity index (χ0) is 9.64. The third kappa shape index (κ3) is 1.78.